The molecule has 0 bridgehead atoms. The Hall–Kier alpha value is -1.81. The van der Waals surface area contributed by atoms with Gasteiger partial charge in [-0.05, 0) is 43.3 Å². The first-order valence-corrected chi connectivity index (χ1v) is 7.87. The standard InChI is InChI=1S/C17H23N3O/c21-17(15-6-3-9-18-13-15)19-10-4-11-20-12-8-14-5-1-2-7-16(14)20/h1-2,5,7-8,12,15,18H,3-4,6,9-11,13H2,(H,19,21)/t15-/m1/s1. The summed E-state index contributed by atoms with van der Waals surface area (Å²) in [5.74, 6) is 0.366. The van der Waals surface area contributed by atoms with Gasteiger partial charge in [0.2, 0.25) is 5.91 Å². The smallest absolute Gasteiger partial charge is 0.224 e. The van der Waals surface area contributed by atoms with Gasteiger partial charge in [0, 0.05) is 31.3 Å². The van der Waals surface area contributed by atoms with Crippen LogP contribution in [0.2, 0.25) is 0 Å². The van der Waals surface area contributed by atoms with Gasteiger partial charge in [-0.1, -0.05) is 18.2 Å². The maximum absolute atomic E-state index is 12.0. The van der Waals surface area contributed by atoms with E-state index in [9.17, 15) is 4.79 Å². The van der Waals surface area contributed by atoms with E-state index in [1.165, 1.54) is 10.9 Å². The lowest BCUT2D eigenvalue weighted by atomic mass is 9.99. The number of rotatable bonds is 5. The molecule has 0 radical (unpaired) electrons. The molecule has 4 nitrogen and oxygen atoms in total. The fourth-order valence-electron chi connectivity index (χ4n) is 3.02. The molecule has 0 unspecified atom stereocenters. The molecule has 2 aromatic rings. The number of carbonyl (C=O) groups is 1. The molecule has 1 aromatic heterocycles. The van der Waals surface area contributed by atoms with Crippen LogP contribution in [-0.4, -0.2) is 30.1 Å². The van der Waals surface area contributed by atoms with Crippen LogP contribution in [0.1, 0.15) is 19.3 Å². The number of benzene rings is 1. The number of hydrogen-bond donors (Lipinski definition) is 2. The Kier molecular flexibility index (Phi) is 4.55. The van der Waals surface area contributed by atoms with Gasteiger partial charge in [-0.3, -0.25) is 4.79 Å². The van der Waals surface area contributed by atoms with E-state index in [2.05, 4.69) is 51.7 Å². The van der Waals surface area contributed by atoms with Gasteiger partial charge in [0.15, 0.2) is 0 Å². The van der Waals surface area contributed by atoms with Gasteiger partial charge in [0.1, 0.15) is 0 Å². The van der Waals surface area contributed by atoms with Gasteiger partial charge in [0.25, 0.3) is 0 Å². The Labute approximate surface area is 125 Å². The van der Waals surface area contributed by atoms with Crippen LogP contribution in [0.25, 0.3) is 10.9 Å². The molecule has 2 heterocycles. The predicted octanol–water partition coefficient (Wildman–Crippen LogP) is 2.15. The number of para-hydroxylation sites is 1. The van der Waals surface area contributed by atoms with Crippen LogP contribution in [0.3, 0.4) is 0 Å². The van der Waals surface area contributed by atoms with E-state index < -0.39 is 0 Å². The molecule has 112 valence electrons. The summed E-state index contributed by atoms with van der Waals surface area (Å²) in [6, 6.07) is 10.5. The first-order valence-electron chi connectivity index (χ1n) is 7.87. The van der Waals surface area contributed by atoms with E-state index in [-0.39, 0.29) is 11.8 Å². The highest BCUT2D eigenvalue weighted by Crippen LogP contribution is 2.15. The van der Waals surface area contributed by atoms with Gasteiger partial charge < -0.3 is 15.2 Å². The number of hydrogen-bond acceptors (Lipinski definition) is 2. The summed E-state index contributed by atoms with van der Waals surface area (Å²) in [6.45, 7) is 3.57. The van der Waals surface area contributed by atoms with Crippen LogP contribution in [0.4, 0.5) is 0 Å². The van der Waals surface area contributed by atoms with E-state index in [1.54, 1.807) is 0 Å². The van der Waals surface area contributed by atoms with Gasteiger partial charge in [-0.15, -0.1) is 0 Å². The molecule has 21 heavy (non-hydrogen) atoms. The summed E-state index contributed by atoms with van der Waals surface area (Å²) in [5, 5.41) is 7.63. The Morgan fingerprint density at radius 2 is 2.24 bits per heavy atom. The van der Waals surface area contributed by atoms with E-state index in [1.807, 2.05) is 0 Å². The highest BCUT2D eigenvalue weighted by atomic mass is 16.1. The Morgan fingerprint density at radius 3 is 3.10 bits per heavy atom. The normalized spacial score (nSPS) is 18.8. The number of fused-ring (bicyclic) bond motifs is 1. The molecule has 1 saturated heterocycles. The summed E-state index contributed by atoms with van der Waals surface area (Å²) in [5.41, 5.74) is 1.26. The van der Waals surface area contributed by atoms with E-state index in [0.717, 1.165) is 45.4 Å². The third-order valence-corrected chi connectivity index (χ3v) is 4.22. The lowest BCUT2D eigenvalue weighted by Crippen LogP contribution is -2.40. The topological polar surface area (TPSA) is 46.1 Å². The summed E-state index contributed by atoms with van der Waals surface area (Å²) in [7, 11) is 0. The average Bonchev–Trinajstić information content (AvgIpc) is 2.95. The highest BCUT2D eigenvalue weighted by molar-refractivity contribution is 5.80. The zero-order chi connectivity index (χ0) is 14.5. The van der Waals surface area contributed by atoms with Crippen molar-refractivity contribution in [3.05, 3.63) is 36.5 Å². The van der Waals surface area contributed by atoms with Gasteiger partial charge in [-0.25, -0.2) is 0 Å². The van der Waals surface area contributed by atoms with Gasteiger partial charge in [-0.2, -0.15) is 0 Å². The van der Waals surface area contributed by atoms with Gasteiger partial charge >= 0.3 is 0 Å². The third kappa shape index (κ3) is 3.45. The zero-order valence-corrected chi connectivity index (χ0v) is 12.3. The zero-order valence-electron chi connectivity index (χ0n) is 12.3. The molecular weight excluding hydrogens is 262 g/mol. The lowest BCUT2D eigenvalue weighted by Gasteiger charge is -2.21. The molecule has 1 fully saturated rings. The number of aromatic nitrogens is 1. The van der Waals surface area contributed by atoms with Crippen molar-refractivity contribution in [3.63, 3.8) is 0 Å². The fraction of sp³-hybridized carbons (Fsp3) is 0.471. The Balaban J connectivity index is 1.44. The highest BCUT2D eigenvalue weighted by Gasteiger charge is 2.19. The van der Waals surface area contributed by atoms with E-state index in [0.29, 0.717) is 0 Å². The van der Waals surface area contributed by atoms with Crippen LogP contribution in [-0.2, 0) is 11.3 Å². The molecule has 2 N–H and O–H groups in total. The van der Waals surface area contributed by atoms with Crippen molar-refractivity contribution in [1.29, 1.82) is 0 Å². The predicted molar refractivity (Wildman–Crippen MR) is 85.2 cm³/mol. The Morgan fingerprint density at radius 1 is 1.33 bits per heavy atom. The number of amides is 1. The first-order chi connectivity index (χ1) is 10.3. The minimum atomic E-state index is 0.158. The summed E-state index contributed by atoms with van der Waals surface area (Å²) in [4.78, 5) is 12.0. The largest absolute Gasteiger partial charge is 0.356 e. The van der Waals surface area contributed by atoms with Crippen LogP contribution < -0.4 is 10.6 Å². The minimum absolute atomic E-state index is 0.158. The van der Waals surface area contributed by atoms with E-state index >= 15 is 0 Å². The maximum atomic E-state index is 12.0. The molecule has 3 rings (SSSR count). The van der Waals surface area contributed by atoms with Gasteiger partial charge in [0.05, 0.1) is 5.92 Å². The average molecular weight is 285 g/mol. The van der Waals surface area contributed by atoms with Crippen molar-refractivity contribution in [2.45, 2.75) is 25.8 Å². The molecule has 1 amide bonds. The quantitative estimate of drug-likeness (QED) is 0.827. The molecule has 1 atom stereocenters. The minimum Gasteiger partial charge on any atom is -0.356 e. The third-order valence-electron chi connectivity index (χ3n) is 4.22. The SMILES string of the molecule is O=C(NCCCn1ccc2ccccc21)[C@@H]1CCCNC1. The van der Waals surface area contributed by atoms with Crippen molar-refractivity contribution in [2.75, 3.05) is 19.6 Å². The number of aryl methyl sites for hydroxylation is 1. The van der Waals surface area contributed by atoms with Crippen molar-refractivity contribution < 1.29 is 4.79 Å². The lowest BCUT2D eigenvalue weighted by molar-refractivity contribution is -0.125. The first kappa shape index (κ1) is 14.1. The second-order valence-corrected chi connectivity index (χ2v) is 5.76. The van der Waals surface area contributed by atoms with Crippen LogP contribution in [0.15, 0.2) is 36.5 Å². The fourth-order valence-corrected chi connectivity index (χ4v) is 3.02. The van der Waals surface area contributed by atoms with Crippen LogP contribution in [0.5, 0.6) is 0 Å². The van der Waals surface area contributed by atoms with E-state index in [4.69, 9.17) is 0 Å². The molecule has 1 aliphatic rings. The number of nitrogens with one attached hydrogen (secondary N) is 2. The summed E-state index contributed by atoms with van der Waals surface area (Å²) < 4.78 is 2.25. The second-order valence-electron chi connectivity index (χ2n) is 5.76. The number of nitrogens with zero attached hydrogens (tertiary/aromatic N) is 1. The molecular formula is C17H23N3O. The van der Waals surface area contributed by atoms with Crippen LogP contribution >= 0.6 is 0 Å². The second kappa shape index (κ2) is 6.76. The molecule has 0 spiro atoms. The molecule has 1 aromatic carbocycles. The van der Waals surface area contributed by atoms with Crippen molar-refractivity contribution in [1.82, 2.24) is 15.2 Å². The number of carbonyl (C=O) groups excluding carboxylic acids is 1. The molecule has 0 aliphatic carbocycles. The maximum Gasteiger partial charge on any atom is 0.224 e. The van der Waals surface area contributed by atoms with Crippen LogP contribution in [0, 0.1) is 5.92 Å². The monoisotopic (exact) mass is 285 g/mol. The number of piperidine rings is 1. The molecule has 1 aliphatic heterocycles. The summed E-state index contributed by atoms with van der Waals surface area (Å²) in [6.07, 6.45) is 5.20. The van der Waals surface area contributed by atoms with Crippen molar-refractivity contribution >= 4 is 16.8 Å². The Bertz CT molecular complexity index is 599. The molecule has 4 heteroatoms. The van der Waals surface area contributed by atoms with Crippen molar-refractivity contribution in [2.24, 2.45) is 5.92 Å². The van der Waals surface area contributed by atoms with Crippen molar-refractivity contribution in [3.8, 4) is 0 Å². The summed E-state index contributed by atoms with van der Waals surface area (Å²) >= 11 is 0. The molecule has 0 saturated carbocycles.